The van der Waals surface area contributed by atoms with Crippen LogP contribution in [-0.2, 0) is 4.74 Å². The van der Waals surface area contributed by atoms with Gasteiger partial charge < -0.3 is 9.64 Å². The monoisotopic (exact) mass is 406 g/mol. The van der Waals surface area contributed by atoms with Gasteiger partial charge in [-0.1, -0.05) is 48.0 Å². The van der Waals surface area contributed by atoms with E-state index in [1.807, 2.05) is 77.7 Å². The SMILES string of the molecule is O=C(c1ccccc1)N1CCC(O[C@@H](c2ccc(Cl)cc2)c2ccccn2)CC1. The lowest BCUT2D eigenvalue weighted by Crippen LogP contribution is -2.41. The molecule has 2 aromatic carbocycles. The second-order valence-electron chi connectivity index (χ2n) is 7.18. The summed E-state index contributed by atoms with van der Waals surface area (Å²) in [6.45, 7) is 1.38. The van der Waals surface area contributed by atoms with Gasteiger partial charge in [0.2, 0.25) is 0 Å². The average molecular weight is 407 g/mol. The summed E-state index contributed by atoms with van der Waals surface area (Å²) in [4.78, 5) is 19.1. The second kappa shape index (κ2) is 9.21. The van der Waals surface area contributed by atoms with Crippen LogP contribution in [-0.4, -0.2) is 35.0 Å². The Balaban J connectivity index is 1.44. The second-order valence-corrected chi connectivity index (χ2v) is 7.62. The van der Waals surface area contributed by atoms with Crippen molar-refractivity contribution in [3.05, 3.63) is 101 Å². The highest BCUT2D eigenvalue weighted by Crippen LogP contribution is 2.30. The summed E-state index contributed by atoms with van der Waals surface area (Å²) in [6, 6.07) is 23.0. The Labute approximate surface area is 176 Å². The van der Waals surface area contributed by atoms with E-state index >= 15 is 0 Å². The average Bonchev–Trinajstić information content (AvgIpc) is 2.79. The number of likely N-dealkylation sites (tertiary alicyclic amines) is 1. The molecule has 5 heteroatoms. The molecular weight excluding hydrogens is 384 g/mol. The molecule has 0 saturated carbocycles. The van der Waals surface area contributed by atoms with Crippen LogP contribution in [0.1, 0.15) is 40.6 Å². The van der Waals surface area contributed by atoms with Gasteiger partial charge in [0.25, 0.3) is 5.91 Å². The minimum atomic E-state index is -0.255. The van der Waals surface area contributed by atoms with Crippen LogP contribution in [0, 0.1) is 0 Å². The third-order valence-electron chi connectivity index (χ3n) is 5.21. The molecule has 0 aliphatic carbocycles. The highest BCUT2D eigenvalue weighted by Gasteiger charge is 2.27. The zero-order valence-electron chi connectivity index (χ0n) is 16.1. The van der Waals surface area contributed by atoms with Crippen LogP contribution in [0.3, 0.4) is 0 Å². The Hall–Kier alpha value is -2.69. The Morgan fingerprint density at radius 1 is 0.966 bits per heavy atom. The number of carbonyl (C=O) groups is 1. The van der Waals surface area contributed by atoms with Crippen LogP contribution < -0.4 is 0 Å². The molecule has 4 rings (SSSR count). The minimum absolute atomic E-state index is 0.0671. The number of amides is 1. The number of halogens is 1. The first-order chi connectivity index (χ1) is 14.2. The first kappa shape index (κ1) is 19.6. The quantitative estimate of drug-likeness (QED) is 0.588. The third-order valence-corrected chi connectivity index (χ3v) is 5.46. The molecule has 3 aromatic rings. The molecule has 1 amide bonds. The summed E-state index contributed by atoms with van der Waals surface area (Å²) in [5.74, 6) is 0.0861. The largest absolute Gasteiger partial charge is 0.364 e. The van der Waals surface area contributed by atoms with Gasteiger partial charge in [-0.15, -0.1) is 0 Å². The Morgan fingerprint density at radius 3 is 2.31 bits per heavy atom. The summed E-state index contributed by atoms with van der Waals surface area (Å²) < 4.78 is 6.49. The number of hydrogen-bond donors (Lipinski definition) is 0. The van der Waals surface area contributed by atoms with E-state index in [2.05, 4.69) is 4.98 Å². The maximum absolute atomic E-state index is 12.7. The van der Waals surface area contributed by atoms with Gasteiger partial charge >= 0.3 is 0 Å². The molecular formula is C24H23ClN2O2. The number of pyridine rings is 1. The zero-order chi connectivity index (χ0) is 20.1. The van der Waals surface area contributed by atoms with Crippen molar-refractivity contribution in [3.8, 4) is 0 Å². The number of carbonyl (C=O) groups excluding carboxylic acids is 1. The van der Waals surface area contributed by atoms with Crippen molar-refractivity contribution in [2.75, 3.05) is 13.1 Å². The van der Waals surface area contributed by atoms with Crippen molar-refractivity contribution >= 4 is 17.5 Å². The van der Waals surface area contributed by atoms with E-state index in [1.165, 1.54) is 0 Å². The fourth-order valence-corrected chi connectivity index (χ4v) is 3.76. The van der Waals surface area contributed by atoms with Gasteiger partial charge in [0.1, 0.15) is 6.10 Å². The molecule has 1 fully saturated rings. The van der Waals surface area contributed by atoms with Gasteiger partial charge in [-0.3, -0.25) is 9.78 Å². The van der Waals surface area contributed by atoms with Crippen molar-refractivity contribution in [3.63, 3.8) is 0 Å². The highest BCUT2D eigenvalue weighted by molar-refractivity contribution is 6.30. The van der Waals surface area contributed by atoms with Crippen molar-refractivity contribution in [1.82, 2.24) is 9.88 Å². The summed E-state index contributed by atoms with van der Waals surface area (Å²) in [6.07, 6.45) is 3.20. The van der Waals surface area contributed by atoms with Crippen molar-refractivity contribution in [2.24, 2.45) is 0 Å². The lowest BCUT2D eigenvalue weighted by molar-refractivity contribution is -0.0254. The molecule has 1 aliphatic heterocycles. The molecule has 1 aliphatic rings. The third kappa shape index (κ3) is 4.84. The van der Waals surface area contributed by atoms with Gasteiger partial charge in [-0.2, -0.15) is 0 Å². The molecule has 4 nitrogen and oxygen atoms in total. The number of rotatable bonds is 5. The lowest BCUT2D eigenvalue weighted by Gasteiger charge is -2.34. The fourth-order valence-electron chi connectivity index (χ4n) is 3.64. The van der Waals surface area contributed by atoms with E-state index in [1.54, 1.807) is 6.20 Å². The molecule has 0 unspecified atom stereocenters. The predicted octanol–water partition coefficient (Wildman–Crippen LogP) is 5.15. The molecule has 1 saturated heterocycles. The van der Waals surface area contributed by atoms with Crippen LogP contribution in [0.5, 0.6) is 0 Å². The maximum Gasteiger partial charge on any atom is 0.253 e. The number of benzene rings is 2. The predicted molar refractivity (Wildman–Crippen MR) is 114 cm³/mol. The summed E-state index contributed by atoms with van der Waals surface area (Å²) in [7, 11) is 0. The Bertz CT molecular complexity index is 924. The van der Waals surface area contributed by atoms with Crippen LogP contribution in [0.2, 0.25) is 5.02 Å². The first-order valence-electron chi connectivity index (χ1n) is 9.87. The molecule has 0 N–H and O–H groups in total. The normalized spacial score (nSPS) is 15.8. The number of ether oxygens (including phenoxy) is 1. The van der Waals surface area contributed by atoms with E-state index in [9.17, 15) is 4.79 Å². The van der Waals surface area contributed by atoms with Gasteiger partial charge in [0, 0.05) is 29.9 Å². The van der Waals surface area contributed by atoms with E-state index in [-0.39, 0.29) is 18.1 Å². The van der Waals surface area contributed by atoms with Crippen LogP contribution >= 0.6 is 11.6 Å². The highest BCUT2D eigenvalue weighted by atomic mass is 35.5. The topological polar surface area (TPSA) is 42.4 Å². The van der Waals surface area contributed by atoms with Crippen molar-refractivity contribution < 1.29 is 9.53 Å². The van der Waals surface area contributed by atoms with Crippen LogP contribution in [0.4, 0.5) is 0 Å². The van der Waals surface area contributed by atoms with E-state index in [0.717, 1.165) is 29.7 Å². The Morgan fingerprint density at radius 2 is 1.66 bits per heavy atom. The lowest BCUT2D eigenvalue weighted by atomic mass is 10.0. The molecule has 0 radical (unpaired) electrons. The van der Waals surface area contributed by atoms with Crippen LogP contribution in [0.25, 0.3) is 0 Å². The van der Waals surface area contributed by atoms with Gasteiger partial charge in [0.05, 0.1) is 11.8 Å². The molecule has 1 aromatic heterocycles. The van der Waals surface area contributed by atoms with Gasteiger partial charge in [-0.25, -0.2) is 0 Å². The van der Waals surface area contributed by atoms with Crippen molar-refractivity contribution in [1.29, 1.82) is 0 Å². The van der Waals surface area contributed by atoms with Crippen molar-refractivity contribution in [2.45, 2.75) is 25.0 Å². The number of aromatic nitrogens is 1. The molecule has 29 heavy (non-hydrogen) atoms. The zero-order valence-corrected chi connectivity index (χ0v) is 16.8. The Kier molecular flexibility index (Phi) is 6.23. The maximum atomic E-state index is 12.7. The first-order valence-corrected chi connectivity index (χ1v) is 10.2. The molecule has 0 bridgehead atoms. The number of hydrogen-bond acceptors (Lipinski definition) is 3. The van der Waals surface area contributed by atoms with Crippen LogP contribution in [0.15, 0.2) is 79.0 Å². The summed E-state index contributed by atoms with van der Waals surface area (Å²) in [5, 5.41) is 0.696. The van der Waals surface area contributed by atoms with Gasteiger partial charge in [0.15, 0.2) is 0 Å². The summed E-state index contributed by atoms with van der Waals surface area (Å²) >= 11 is 6.06. The molecule has 148 valence electrons. The van der Waals surface area contributed by atoms with E-state index < -0.39 is 0 Å². The molecule has 1 atom stereocenters. The fraction of sp³-hybridized carbons (Fsp3) is 0.250. The smallest absolute Gasteiger partial charge is 0.253 e. The number of piperidine rings is 1. The standard InChI is InChI=1S/C24H23ClN2O2/c25-20-11-9-18(10-12-20)23(22-8-4-5-15-26-22)29-21-13-16-27(17-14-21)24(28)19-6-2-1-3-7-19/h1-12,15,21,23H,13-14,16-17H2/t23-/m0/s1. The van der Waals surface area contributed by atoms with E-state index in [4.69, 9.17) is 16.3 Å². The molecule has 2 heterocycles. The molecule has 0 spiro atoms. The van der Waals surface area contributed by atoms with Gasteiger partial charge in [-0.05, 0) is 54.8 Å². The number of nitrogens with zero attached hydrogens (tertiary/aromatic N) is 2. The minimum Gasteiger partial charge on any atom is -0.364 e. The summed E-state index contributed by atoms with van der Waals surface area (Å²) in [5.41, 5.74) is 2.63. The van der Waals surface area contributed by atoms with E-state index in [0.29, 0.717) is 18.1 Å².